The van der Waals surface area contributed by atoms with Crippen LogP contribution >= 0.6 is 15.9 Å². The van der Waals surface area contributed by atoms with E-state index in [1.165, 1.54) is 0 Å². The monoisotopic (exact) mass is 395 g/mol. The van der Waals surface area contributed by atoms with Gasteiger partial charge in [-0.3, -0.25) is 9.59 Å². The first-order valence-electron chi connectivity index (χ1n) is 8.15. The molecule has 132 valence electrons. The van der Waals surface area contributed by atoms with Crippen LogP contribution in [0.5, 0.6) is 0 Å². The summed E-state index contributed by atoms with van der Waals surface area (Å²) in [5.41, 5.74) is 1.49. The van der Waals surface area contributed by atoms with Crippen molar-refractivity contribution < 1.29 is 9.59 Å². The summed E-state index contributed by atoms with van der Waals surface area (Å²) in [6.45, 7) is 10.4. The summed E-state index contributed by atoms with van der Waals surface area (Å²) in [5.74, 6) is -1.23. The molecule has 2 amide bonds. The summed E-state index contributed by atoms with van der Waals surface area (Å²) in [7, 11) is 0. The molecule has 0 aliphatic carbocycles. The number of benzene rings is 1. The van der Waals surface area contributed by atoms with Crippen LogP contribution < -0.4 is 16.0 Å². The highest BCUT2D eigenvalue weighted by molar-refractivity contribution is 9.10. The Morgan fingerprint density at radius 1 is 1.12 bits per heavy atom. The van der Waals surface area contributed by atoms with Crippen molar-refractivity contribution in [3.8, 4) is 0 Å². The molecule has 0 radical (unpaired) electrons. The lowest BCUT2D eigenvalue weighted by molar-refractivity contribution is -0.137. The maximum Gasteiger partial charge on any atom is 0.313 e. The van der Waals surface area contributed by atoms with E-state index in [9.17, 15) is 9.59 Å². The first kappa shape index (κ1) is 18.9. The molecular formula is C18H26BrN3O2. The number of hydrogen-bond acceptors (Lipinski definition) is 3. The highest BCUT2D eigenvalue weighted by Gasteiger charge is 2.38. The summed E-state index contributed by atoms with van der Waals surface area (Å²) in [6.07, 6.45) is 1.57. The molecule has 0 saturated carbocycles. The van der Waals surface area contributed by atoms with Crippen LogP contribution in [0.3, 0.4) is 0 Å². The van der Waals surface area contributed by atoms with E-state index in [-0.39, 0.29) is 17.1 Å². The lowest BCUT2D eigenvalue weighted by Crippen LogP contribution is -2.62. The zero-order chi connectivity index (χ0) is 18.1. The normalized spacial score (nSPS) is 19.6. The van der Waals surface area contributed by atoms with E-state index in [0.29, 0.717) is 5.69 Å². The average molecular weight is 396 g/mol. The zero-order valence-electron chi connectivity index (χ0n) is 14.9. The third-order valence-corrected chi connectivity index (χ3v) is 5.02. The molecule has 0 aromatic heterocycles. The Bertz CT molecular complexity index is 640. The number of halogens is 1. The third-order valence-electron chi connectivity index (χ3n) is 4.16. The molecule has 1 aliphatic heterocycles. The van der Waals surface area contributed by atoms with Gasteiger partial charge in [-0.25, -0.2) is 0 Å². The number of nitrogens with one attached hydrogen (secondary N) is 3. The second-order valence-corrected chi connectivity index (χ2v) is 8.74. The number of carbonyl (C=O) groups is 2. The Morgan fingerprint density at radius 3 is 2.25 bits per heavy atom. The molecule has 0 spiro atoms. The van der Waals surface area contributed by atoms with Gasteiger partial charge in [0, 0.05) is 27.3 Å². The number of piperidine rings is 1. The minimum absolute atomic E-state index is 0.0285. The largest absolute Gasteiger partial charge is 0.345 e. The lowest BCUT2D eigenvalue weighted by Gasteiger charge is -2.46. The van der Waals surface area contributed by atoms with Crippen LogP contribution in [0.15, 0.2) is 22.7 Å². The van der Waals surface area contributed by atoms with Crippen LogP contribution in [-0.4, -0.2) is 28.9 Å². The van der Waals surface area contributed by atoms with Crippen LogP contribution in [0, 0.1) is 6.92 Å². The highest BCUT2D eigenvalue weighted by atomic mass is 79.9. The van der Waals surface area contributed by atoms with Crippen molar-refractivity contribution in [2.24, 2.45) is 0 Å². The fourth-order valence-corrected chi connectivity index (χ4v) is 3.91. The molecule has 24 heavy (non-hydrogen) atoms. The van der Waals surface area contributed by atoms with Crippen molar-refractivity contribution in [2.45, 2.75) is 64.6 Å². The van der Waals surface area contributed by atoms with Crippen LogP contribution in [0.1, 0.15) is 46.1 Å². The standard InChI is InChI=1S/C18H26BrN3O2/c1-11-6-7-12(8-14(11)19)20-15(23)16(24)21-13-9-17(2,3)22-18(4,5)10-13/h6-8,13,22H,9-10H2,1-5H3,(H,20,23)(H,21,24). The Kier molecular flexibility index (Phi) is 5.40. The van der Waals surface area contributed by atoms with Crippen molar-refractivity contribution in [3.63, 3.8) is 0 Å². The second-order valence-electron chi connectivity index (χ2n) is 7.89. The summed E-state index contributed by atoms with van der Waals surface area (Å²) in [5, 5.41) is 9.08. The SMILES string of the molecule is Cc1ccc(NC(=O)C(=O)NC2CC(C)(C)NC(C)(C)C2)cc1Br. The summed E-state index contributed by atoms with van der Waals surface area (Å²) < 4.78 is 0.891. The van der Waals surface area contributed by atoms with Gasteiger partial charge >= 0.3 is 11.8 Å². The van der Waals surface area contributed by atoms with Gasteiger partial charge in [0.15, 0.2) is 0 Å². The van der Waals surface area contributed by atoms with Crippen LogP contribution in [0.25, 0.3) is 0 Å². The molecule has 1 saturated heterocycles. The number of aryl methyl sites for hydroxylation is 1. The van der Waals surface area contributed by atoms with Crippen molar-refractivity contribution in [1.82, 2.24) is 10.6 Å². The van der Waals surface area contributed by atoms with Gasteiger partial charge in [0.2, 0.25) is 0 Å². The molecule has 2 rings (SSSR count). The molecule has 1 aromatic carbocycles. The molecule has 5 nitrogen and oxygen atoms in total. The molecule has 1 heterocycles. The Hall–Kier alpha value is -1.40. The third kappa shape index (κ3) is 5.05. The van der Waals surface area contributed by atoms with Gasteiger partial charge in [0.25, 0.3) is 0 Å². The minimum atomic E-state index is -0.639. The van der Waals surface area contributed by atoms with Gasteiger partial charge in [0.1, 0.15) is 0 Å². The summed E-state index contributed by atoms with van der Waals surface area (Å²) >= 11 is 3.42. The Morgan fingerprint density at radius 2 is 1.71 bits per heavy atom. The maximum absolute atomic E-state index is 12.2. The van der Waals surface area contributed by atoms with Gasteiger partial charge in [-0.2, -0.15) is 0 Å². The van der Waals surface area contributed by atoms with Gasteiger partial charge in [-0.1, -0.05) is 22.0 Å². The van der Waals surface area contributed by atoms with Crippen molar-refractivity contribution in [3.05, 3.63) is 28.2 Å². The van der Waals surface area contributed by atoms with Gasteiger partial charge in [-0.15, -0.1) is 0 Å². The maximum atomic E-state index is 12.2. The molecule has 0 bridgehead atoms. The molecule has 6 heteroatoms. The quantitative estimate of drug-likeness (QED) is 0.673. The van der Waals surface area contributed by atoms with E-state index in [4.69, 9.17) is 0 Å². The predicted octanol–water partition coefficient (Wildman–Crippen LogP) is 3.12. The molecular weight excluding hydrogens is 370 g/mol. The van der Waals surface area contributed by atoms with E-state index in [1.807, 2.05) is 13.0 Å². The van der Waals surface area contributed by atoms with E-state index < -0.39 is 11.8 Å². The van der Waals surface area contributed by atoms with Crippen LogP contribution in [0.4, 0.5) is 5.69 Å². The molecule has 3 N–H and O–H groups in total. The molecule has 1 aromatic rings. The summed E-state index contributed by atoms with van der Waals surface area (Å²) in [6, 6.07) is 5.42. The number of amides is 2. The Balaban J connectivity index is 1.98. The van der Waals surface area contributed by atoms with E-state index >= 15 is 0 Å². The van der Waals surface area contributed by atoms with Gasteiger partial charge in [0.05, 0.1) is 0 Å². The first-order valence-corrected chi connectivity index (χ1v) is 8.94. The van der Waals surface area contributed by atoms with Crippen molar-refractivity contribution in [1.29, 1.82) is 0 Å². The van der Waals surface area contributed by atoms with E-state index in [1.54, 1.807) is 12.1 Å². The van der Waals surface area contributed by atoms with Gasteiger partial charge < -0.3 is 16.0 Å². The summed E-state index contributed by atoms with van der Waals surface area (Å²) in [4.78, 5) is 24.4. The molecule has 0 atom stereocenters. The fourth-order valence-electron chi connectivity index (χ4n) is 3.53. The van der Waals surface area contributed by atoms with Crippen LogP contribution in [0.2, 0.25) is 0 Å². The Labute approximate surface area is 152 Å². The van der Waals surface area contributed by atoms with Gasteiger partial charge in [-0.05, 0) is 65.2 Å². The van der Waals surface area contributed by atoms with E-state index in [2.05, 4.69) is 59.6 Å². The number of rotatable bonds is 2. The van der Waals surface area contributed by atoms with Crippen molar-refractivity contribution in [2.75, 3.05) is 5.32 Å². The molecule has 1 aliphatic rings. The lowest BCUT2D eigenvalue weighted by atomic mass is 9.79. The van der Waals surface area contributed by atoms with E-state index in [0.717, 1.165) is 22.9 Å². The predicted molar refractivity (Wildman–Crippen MR) is 100.0 cm³/mol. The number of carbonyl (C=O) groups excluding carboxylic acids is 2. The number of anilines is 1. The fraction of sp³-hybridized carbons (Fsp3) is 0.556. The minimum Gasteiger partial charge on any atom is -0.345 e. The van der Waals surface area contributed by atoms with Crippen molar-refractivity contribution >= 4 is 33.4 Å². The highest BCUT2D eigenvalue weighted by Crippen LogP contribution is 2.28. The first-order chi connectivity index (χ1) is 11.0. The topological polar surface area (TPSA) is 70.2 Å². The molecule has 1 fully saturated rings. The second kappa shape index (κ2) is 6.84. The zero-order valence-corrected chi connectivity index (χ0v) is 16.5. The average Bonchev–Trinajstić information content (AvgIpc) is 2.39. The van der Waals surface area contributed by atoms with Crippen LogP contribution in [-0.2, 0) is 9.59 Å². The molecule has 0 unspecified atom stereocenters. The number of hydrogen-bond donors (Lipinski definition) is 3. The smallest absolute Gasteiger partial charge is 0.313 e.